The number of amides is 1. The van der Waals surface area contributed by atoms with Crippen LogP contribution in [-0.2, 0) is 16.0 Å². The molecule has 1 aliphatic carbocycles. The van der Waals surface area contributed by atoms with Crippen LogP contribution in [0, 0.1) is 5.92 Å². The number of guanidine groups is 1. The summed E-state index contributed by atoms with van der Waals surface area (Å²) in [5.41, 5.74) is 8.19. The summed E-state index contributed by atoms with van der Waals surface area (Å²) in [7, 11) is 0. The van der Waals surface area contributed by atoms with Gasteiger partial charge in [0.05, 0.1) is 6.10 Å². The van der Waals surface area contributed by atoms with Crippen molar-refractivity contribution in [2.45, 2.75) is 58.0 Å². The number of halogens is 1. The van der Waals surface area contributed by atoms with Crippen LogP contribution in [0.3, 0.4) is 0 Å². The number of benzene rings is 1. The Morgan fingerprint density at radius 3 is 2.93 bits per heavy atom. The molecule has 6 nitrogen and oxygen atoms in total. The summed E-state index contributed by atoms with van der Waals surface area (Å²) in [6.45, 7) is 6.23. The zero-order valence-corrected chi connectivity index (χ0v) is 20.5. The van der Waals surface area contributed by atoms with E-state index in [-0.39, 0.29) is 36.0 Å². The van der Waals surface area contributed by atoms with Crippen molar-refractivity contribution in [2.24, 2.45) is 16.6 Å². The maximum atomic E-state index is 11.3. The second-order valence-corrected chi connectivity index (χ2v) is 8.16. The number of piperidine rings is 1. The summed E-state index contributed by atoms with van der Waals surface area (Å²) in [6.07, 6.45) is 7.22. The number of nitrogens with zero attached hydrogens (tertiary/aromatic N) is 2. The van der Waals surface area contributed by atoms with Gasteiger partial charge in [0.1, 0.15) is 0 Å². The Labute approximate surface area is 198 Å². The molecule has 2 atom stereocenters. The van der Waals surface area contributed by atoms with Gasteiger partial charge in [-0.15, -0.1) is 24.0 Å². The predicted molar refractivity (Wildman–Crippen MR) is 132 cm³/mol. The van der Waals surface area contributed by atoms with Gasteiger partial charge in [0.15, 0.2) is 5.96 Å². The van der Waals surface area contributed by atoms with Crippen LogP contribution in [0.4, 0.5) is 0 Å². The van der Waals surface area contributed by atoms with Crippen molar-refractivity contribution in [1.29, 1.82) is 0 Å². The molecule has 7 heteroatoms. The molecule has 0 bridgehead atoms. The summed E-state index contributed by atoms with van der Waals surface area (Å²) in [5.74, 6) is 1.07. The Hall–Kier alpha value is -1.35. The van der Waals surface area contributed by atoms with Crippen molar-refractivity contribution in [1.82, 2.24) is 10.2 Å². The Morgan fingerprint density at radius 2 is 2.13 bits per heavy atom. The van der Waals surface area contributed by atoms with Crippen molar-refractivity contribution in [2.75, 3.05) is 32.8 Å². The monoisotopic (exact) mass is 528 g/mol. The van der Waals surface area contributed by atoms with E-state index in [1.54, 1.807) is 0 Å². The summed E-state index contributed by atoms with van der Waals surface area (Å²) >= 11 is 0. The quantitative estimate of drug-likeness (QED) is 0.234. The highest BCUT2D eigenvalue weighted by Gasteiger charge is 2.23. The number of hydrogen-bond acceptors (Lipinski definition) is 3. The second kappa shape index (κ2) is 13.1. The molecular formula is C23H37IN4O2. The van der Waals surface area contributed by atoms with Gasteiger partial charge in [0.25, 0.3) is 0 Å². The van der Waals surface area contributed by atoms with Gasteiger partial charge in [-0.1, -0.05) is 24.3 Å². The minimum absolute atomic E-state index is 0. The molecule has 1 aromatic carbocycles. The molecule has 1 aromatic rings. The Morgan fingerprint density at radius 1 is 1.30 bits per heavy atom. The topological polar surface area (TPSA) is 80.0 Å². The average molecular weight is 528 g/mol. The van der Waals surface area contributed by atoms with Crippen LogP contribution in [0.5, 0.6) is 0 Å². The minimum atomic E-state index is -0.208. The first-order chi connectivity index (χ1) is 14.2. The van der Waals surface area contributed by atoms with Crippen LogP contribution in [0.25, 0.3) is 0 Å². The van der Waals surface area contributed by atoms with E-state index in [9.17, 15) is 4.79 Å². The van der Waals surface area contributed by atoms with E-state index in [4.69, 9.17) is 15.5 Å². The van der Waals surface area contributed by atoms with E-state index in [0.717, 1.165) is 64.4 Å². The van der Waals surface area contributed by atoms with Crippen LogP contribution in [-0.4, -0.2) is 49.6 Å². The number of rotatable bonds is 8. The number of aliphatic imine (C=N–C) groups is 1. The molecule has 1 heterocycles. The van der Waals surface area contributed by atoms with Crippen molar-refractivity contribution in [3.63, 3.8) is 0 Å². The Balaban J connectivity index is 0.00000320. The number of hydrogen-bond donors (Lipinski definition) is 2. The molecule has 1 aliphatic heterocycles. The van der Waals surface area contributed by atoms with Gasteiger partial charge in [0, 0.05) is 39.2 Å². The first-order valence-electron chi connectivity index (χ1n) is 11.2. The molecular weight excluding hydrogens is 491 g/mol. The lowest BCUT2D eigenvalue weighted by Crippen LogP contribution is -2.47. The molecule has 0 spiro atoms. The fourth-order valence-electron chi connectivity index (χ4n) is 4.49. The molecule has 2 unspecified atom stereocenters. The SMILES string of the molecule is CCNC(=NCCCOC1CCCc2ccccc21)N1CCCC(CC(N)=O)C1.I. The van der Waals surface area contributed by atoms with E-state index in [1.807, 2.05) is 0 Å². The fraction of sp³-hybridized carbons (Fsp3) is 0.652. The summed E-state index contributed by atoms with van der Waals surface area (Å²) in [5, 5.41) is 3.40. The highest BCUT2D eigenvalue weighted by Crippen LogP contribution is 2.32. The van der Waals surface area contributed by atoms with E-state index >= 15 is 0 Å². The van der Waals surface area contributed by atoms with Crippen molar-refractivity contribution >= 4 is 35.8 Å². The van der Waals surface area contributed by atoms with Crippen LogP contribution in [0.1, 0.15) is 62.7 Å². The summed E-state index contributed by atoms with van der Waals surface area (Å²) in [6, 6.07) is 8.66. The van der Waals surface area contributed by atoms with Crippen molar-refractivity contribution in [3.05, 3.63) is 35.4 Å². The van der Waals surface area contributed by atoms with Crippen LogP contribution < -0.4 is 11.1 Å². The molecule has 1 saturated heterocycles. The van der Waals surface area contributed by atoms with Crippen LogP contribution in [0.15, 0.2) is 29.3 Å². The third-order valence-corrected chi connectivity index (χ3v) is 5.84. The van der Waals surface area contributed by atoms with Gasteiger partial charge >= 0.3 is 0 Å². The van der Waals surface area contributed by atoms with E-state index in [2.05, 4.69) is 41.4 Å². The van der Waals surface area contributed by atoms with Gasteiger partial charge in [-0.25, -0.2) is 0 Å². The normalized spacial score (nSPS) is 21.5. The number of aryl methyl sites for hydroxylation is 1. The van der Waals surface area contributed by atoms with Gasteiger partial charge < -0.3 is 20.7 Å². The number of likely N-dealkylation sites (tertiary alicyclic amines) is 1. The third-order valence-electron chi connectivity index (χ3n) is 5.84. The number of nitrogens with two attached hydrogens (primary N) is 1. The summed E-state index contributed by atoms with van der Waals surface area (Å²) < 4.78 is 6.20. The van der Waals surface area contributed by atoms with E-state index < -0.39 is 0 Å². The number of fused-ring (bicyclic) bond motifs is 1. The van der Waals surface area contributed by atoms with Gasteiger partial charge in [0.2, 0.25) is 5.91 Å². The maximum absolute atomic E-state index is 11.3. The summed E-state index contributed by atoms with van der Waals surface area (Å²) in [4.78, 5) is 18.4. The first-order valence-corrected chi connectivity index (χ1v) is 11.2. The molecule has 0 radical (unpaired) electrons. The lowest BCUT2D eigenvalue weighted by atomic mass is 9.89. The largest absolute Gasteiger partial charge is 0.373 e. The average Bonchev–Trinajstić information content (AvgIpc) is 2.72. The molecule has 1 fully saturated rings. The highest BCUT2D eigenvalue weighted by atomic mass is 127. The number of carbonyl (C=O) groups excluding carboxylic acids is 1. The highest BCUT2D eigenvalue weighted by molar-refractivity contribution is 14.0. The lowest BCUT2D eigenvalue weighted by Gasteiger charge is -2.34. The molecule has 3 rings (SSSR count). The number of primary amides is 1. The van der Waals surface area contributed by atoms with Gasteiger partial charge in [-0.2, -0.15) is 0 Å². The minimum Gasteiger partial charge on any atom is -0.373 e. The zero-order chi connectivity index (χ0) is 20.5. The van der Waals surface area contributed by atoms with E-state index in [1.165, 1.54) is 24.0 Å². The maximum Gasteiger partial charge on any atom is 0.217 e. The second-order valence-electron chi connectivity index (χ2n) is 8.16. The number of nitrogens with one attached hydrogen (secondary N) is 1. The van der Waals surface area contributed by atoms with Crippen molar-refractivity contribution < 1.29 is 9.53 Å². The Kier molecular flexibility index (Phi) is 10.9. The van der Waals surface area contributed by atoms with Gasteiger partial charge in [-0.05, 0) is 62.5 Å². The zero-order valence-electron chi connectivity index (χ0n) is 18.1. The molecule has 168 valence electrons. The fourth-order valence-corrected chi connectivity index (χ4v) is 4.49. The molecule has 0 saturated carbocycles. The third kappa shape index (κ3) is 7.41. The Bertz CT molecular complexity index is 698. The number of ether oxygens (including phenoxy) is 1. The predicted octanol–water partition coefficient (Wildman–Crippen LogP) is 3.64. The lowest BCUT2D eigenvalue weighted by molar-refractivity contribution is -0.119. The van der Waals surface area contributed by atoms with E-state index in [0.29, 0.717) is 12.3 Å². The van der Waals surface area contributed by atoms with Gasteiger partial charge in [-0.3, -0.25) is 9.79 Å². The molecule has 0 aromatic heterocycles. The molecule has 3 N–H and O–H groups in total. The molecule has 30 heavy (non-hydrogen) atoms. The van der Waals surface area contributed by atoms with Crippen molar-refractivity contribution in [3.8, 4) is 0 Å². The molecule has 2 aliphatic rings. The smallest absolute Gasteiger partial charge is 0.217 e. The first kappa shape index (κ1) is 24.9. The number of carbonyl (C=O) groups is 1. The standard InChI is InChI=1S/C23H36N4O2.HI/c1-2-25-23(27-14-6-8-18(17-27)16-22(24)28)26-13-7-15-29-21-12-5-10-19-9-3-4-11-20(19)21;/h3-4,9,11,18,21H,2,5-8,10,12-17H2,1H3,(H2,24,28)(H,25,26);1H. The molecule has 1 amide bonds. The van der Waals surface area contributed by atoms with Crippen LogP contribution in [0.2, 0.25) is 0 Å². The van der Waals surface area contributed by atoms with Crippen LogP contribution >= 0.6 is 24.0 Å².